The molecule has 0 radical (unpaired) electrons. The van der Waals surface area contributed by atoms with E-state index in [4.69, 9.17) is 0 Å². The molecule has 1 aromatic heterocycles. The smallest absolute Gasteiger partial charge is 0.260 e. The lowest BCUT2D eigenvalue weighted by Gasteiger charge is -2.32. The second kappa shape index (κ2) is 7.84. The molecule has 28 heavy (non-hydrogen) atoms. The van der Waals surface area contributed by atoms with Crippen LogP contribution in [0, 0.1) is 3.57 Å². The number of carbonyl (C=O) groups is 2. The van der Waals surface area contributed by atoms with Crippen molar-refractivity contribution in [2.24, 2.45) is 0 Å². The fourth-order valence-corrected chi connectivity index (χ4v) is 3.65. The summed E-state index contributed by atoms with van der Waals surface area (Å²) in [6.07, 6.45) is 4.98. The molecule has 0 saturated carbocycles. The van der Waals surface area contributed by atoms with Gasteiger partial charge in [0.1, 0.15) is 0 Å². The fourth-order valence-electron chi connectivity index (χ4n) is 3.16. The van der Waals surface area contributed by atoms with Gasteiger partial charge < -0.3 is 15.1 Å². The topological polar surface area (TPSA) is 90.5 Å². The zero-order valence-corrected chi connectivity index (χ0v) is 17.4. The highest BCUT2D eigenvalue weighted by atomic mass is 127. The number of rotatable bonds is 3. The number of hydrogen-bond donors (Lipinski definition) is 2. The Bertz CT molecular complexity index is 951. The normalized spacial score (nSPS) is 18.8. The van der Waals surface area contributed by atoms with Crippen LogP contribution in [-0.4, -0.2) is 59.9 Å². The van der Waals surface area contributed by atoms with E-state index in [2.05, 4.69) is 60.0 Å². The number of nitrogens with one attached hydrogen (secondary N) is 2. The van der Waals surface area contributed by atoms with Crippen LogP contribution in [0.15, 0.2) is 36.8 Å². The minimum absolute atomic E-state index is 0.381. The molecule has 2 aliphatic rings. The fraction of sp³-hybridized carbons (Fsp3) is 0.263. The molecule has 9 heteroatoms. The Balaban J connectivity index is 1.53. The number of hydrogen-bond acceptors (Lipinski definition) is 7. The molecule has 2 aliphatic heterocycles. The molecule has 144 valence electrons. The molecule has 1 saturated heterocycles. The number of fused-ring (bicyclic) bond motifs is 1. The van der Waals surface area contributed by atoms with Crippen LogP contribution < -0.4 is 15.5 Å². The average Bonchev–Trinajstić information content (AvgIpc) is 2.68. The maximum atomic E-state index is 12.3. The summed E-state index contributed by atoms with van der Waals surface area (Å²) in [6.45, 7) is 3.77. The molecular weight excluding hydrogens is 471 g/mol. The number of imide groups is 1. The minimum atomic E-state index is -0.429. The summed E-state index contributed by atoms with van der Waals surface area (Å²) >= 11 is 2.16. The van der Waals surface area contributed by atoms with Crippen LogP contribution in [0.2, 0.25) is 0 Å². The lowest BCUT2D eigenvalue weighted by atomic mass is 9.96. The number of amides is 2. The van der Waals surface area contributed by atoms with Gasteiger partial charge in [-0.15, -0.1) is 0 Å². The number of nitrogens with zero attached hydrogens (tertiary/aromatic N) is 4. The summed E-state index contributed by atoms with van der Waals surface area (Å²) in [5.74, 6) is -0.109. The van der Waals surface area contributed by atoms with Crippen LogP contribution in [0.1, 0.15) is 15.9 Å². The van der Waals surface area contributed by atoms with Gasteiger partial charge >= 0.3 is 0 Å². The Morgan fingerprint density at radius 3 is 2.50 bits per heavy atom. The van der Waals surface area contributed by atoms with E-state index in [1.165, 1.54) is 0 Å². The van der Waals surface area contributed by atoms with Crippen LogP contribution in [0.4, 0.5) is 11.6 Å². The SMILES string of the molecule is CN1CCN(c2ncc(NC=C3C(=O)NC(=O)c4ccc(I)cc43)cn2)CC1. The van der Waals surface area contributed by atoms with Gasteiger partial charge in [-0.05, 0) is 47.8 Å². The third kappa shape index (κ3) is 3.85. The highest BCUT2D eigenvalue weighted by Crippen LogP contribution is 2.26. The lowest BCUT2D eigenvalue weighted by molar-refractivity contribution is -0.114. The molecule has 0 spiro atoms. The molecule has 8 nitrogen and oxygen atoms in total. The molecule has 2 N–H and O–H groups in total. The molecule has 0 bridgehead atoms. The van der Waals surface area contributed by atoms with E-state index < -0.39 is 5.91 Å². The first-order valence-corrected chi connectivity index (χ1v) is 9.97. The molecule has 1 fully saturated rings. The number of anilines is 2. The van der Waals surface area contributed by atoms with E-state index in [-0.39, 0.29) is 5.91 Å². The third-order valence-electron chi connectivity index (χ3n) is 4.80. The van der Waals surface area contributed by atoms with Gasteiger partial charge in [0.2, 0.25) is 5.95 Å². The third-order valence-corrected chi connectivity index (χ3v) is 5.47. The maximum absolute atomic E-state index is 12.3. The molecule has 3 heterocycles. The van der Waals surface area contributed by atoms with Crippen molar-refractivity contribution < 1.29 is 9.59 Å². The first-order valence-electron chi connectivity index (χ1n) is 8.89. The largest absolute Gasteiger partial charge is 0.358 e. The molecule has 0 unspecified atom stereocenters. The Morgan fingerprint density at radius 1 is 1.07 bits per heavy atom. The first-order chi connectivity index (χ1) is 13.5. The van der Waals surface area contributed by atoms with Gasteiger partial charge in [0.05, 0.1) is 23.7 Å². The average molecular weight is 490 g/mol. The number of piperazine rings is 1. The van der Waals surface area contributed by atoms with Gasteiger partial charge in [-0.1, -0.05) is 0 Å². The van der Waals surface area contributed by atoms with E-state index in [9.17, 15) is 9.59 Å². The summed E-state index contributed by atoms with van der Waals surface area (Å²) in [5, 5.41) is 5.44. The van der Waals surface area contributed by atoms with Gasteiger partial charge in [-0.3, -0.25) is 14.9 Å². The number of aromatic nitrogens is 2. The number of benzene rings is 1. The van der Waals surface area contributed by atoms with Crippen molar-refractivity contribution in [3.8, 4) is 0 Å². The Hall–Kier alpha value is -2.53. The first kappa shape index (κ1) is 18.8. The second-order valence-electron chi connectivity index (χ2n) is 6.74. The summed E-state index contributed by atoms with van der Waals surface area (Å²) in [4.78, 5) is 37.6. The van der Waals surface area contributed by atoms with Crippen molar-refractivity contribution in [1.29, 1.82) is 0 Å². The highest BCUT2D eigenvalue weighted by Gasteiger charge is 2.27. The van der Waals surface area contributed by atoms with Crippen molar-refractivity contribution in [2.75, 3.05) is 43.4 Å². The van der Waals surface area contributed by atoms with E-state index in [1.807, 2.05) is 12.1 Å². The van der Waals surface area contributed by atoms with Crippen LogP contribution in [-0.2, 0) is 4.79 Å². The van der Waals surface area contributed by atoms with Crippen LogP contribution in [0.25, 0.3) is 5.57 Å². The van der Waals surface area contributed by atoms with Crippen molar-refractivity contribution in [3.05, 3.63) is 51.5 Å². The predicted octanol–water partition coefficient (Wildman–Crippen LogP) is 1.56. The van der Waals surface area contributed by atoms with Crippen molar-refractivity contribution in [2.45, 2.75) is 0 Å². The van der Waals surface area contributed by atoms with Gasteiger partial charge in [0, 0.05) is 47.1 Å². The van der Waals surface area contributed by atoms with Crippen molar-refractivity contribution in [3.63, 3.8) is 0 Å². The molecule has 2 aromatic rings. The highest BCUT2D eigenvalue weighted by molar-refractivity contribution is 14.1. The Labute approximate surface area is 176 Å². The van der Waals surface area contributed by atoms with Gasteiger partial charge in [-0.2, -0.15) is 0 Å². The summed E-state index contributed by atoms with van der Waals surface area (Å²) in [7, 11) is 2.10. The molecule has 1 aromatic carbocycles. The summed E-state index contributed by atoms with van der Waals surface area (Å²) in [6, 6.07) is 5.39. The zero-order chi connectivity index (χ0) is 19.7. The number of likely N-dealkylation sites (N-methyl/N-ethyl adjacent to an activating group) is 1. The van der Waals surface area contributed by atoms with E-state index in [1.54, 1.807) is 24.7 Å². The van der Waals surface area contributed by atoms with Crippen LogP contribution >= 0.6 is 22.6 Å². The standard InChI is InChI=1S/C19H19IN6O2/c1-25-4-6-26(7-5-25)19-22-9-13(10-23-19)21-11-16-15-8-12(20)2-3-14(15)17(27)24-18(16)28/h2-3,8-11,21H,4-7H2,1H3,(H,24,27,28). The monoisotopic (exact) mass is 490 g/mol. The van der Waals surface area contributed by atoms with Crippen molar-refractivity contribution in [1.82, 2.24) is 20.2 Å². The van der Waals surface area contributed by atoms with Gasteiger partial charge in [0.25, 0.3) is 11.8 Å². The summed E-state index contributed by atoms with van der Waals surface area (Å²) in [5.41, 5.74) is 2.16. The summed E-state index contributed by atoms with van der Waals surface area (Å²) < 4.78 is 0.949. The minimum Gasteiger partial charge on any atom is -0.358 e. The zero-order valence-electron chi connectivity index (χ0n) is 15.3. The molecule has 2 amide bonds. The number of halogens is 1. The van der Waals surface area contributed by atoms with Gasteiger partial charge in [0.15, 0.2) is 0 Å². The van der Waals surface area contributed by atoms with E-state index in [0.29, 0.717) is 28.3 Å². The lowest BCUT2D eigenvalue weighted by Crippen LogP contribution is -2.45. The van der Waals surface area contributed by atoms with Gasteiger partial charge in [-0.25, -0.2) is 9.97 Å². The Morgan fingerprint density at radius 2 is 1.79 bits per heavy atom. The van der Waals surface area contributed by atoms with E-state index >= 15 is 0 Å². The Kier molecular flexibility index (Phi) is 5.27. The molecule has 0 atom stereocenters. The van der Waals surface area contributed by atoms with Crippen LogP contribution in [0.5, 0.6) is 0 Å². The molecule has 0 aliphatic carbocycles. The van der Waals surface area contributed by atoms with Crippen LogP contribution in [0.3, 0.4) is 0 Å². The number of carbonyl (C=O) groups excluding carboxylic acids is 2. The maximum Gasteiger partial charge on any atom is 0.260 e. The molecule has 4 rings (SSSR count). The van der Waals surface area contributed by atoms with Crippen molar-refractivity contribution >= 4 is 51.6 Å². The quantitative estimate of drug-likeness (QED) is 0.384. The molecular formula is C19H19IN6O2. The van der Waals surface area contributed by atoms with E-state index in [0.717, 1.165) is 29.7 Å². The predicted molar refractivity (Wildman–Crippen MR) is 115 cm³/mol. The second-order valence-corrected chi connectivity index (χ2v) is 7.98.